The van der Waals surface area contributed by atoms with Gasteiger partial charge < -0.3 is 10.1 Å². The van der Waals surface area contributed by atoms with Crippen LogP contribution < -0.4 is 26.2 Å². The van der Waals surface area contributed by atoms with Crippen molar-refractivity contribution in [2.75, 3.05) is 0 Å². The number of hydrazine groups is 1. The number of amides is 3. The third kappa shape index (κ3) is 9.13. The van der Waals surface area contributed by atoms with Crippen molar-refractivity contribution < 1.29 is 19.1 Å². The first kappa shape index (κ1) is 24.8. The molecule has 0 saturated carbocycles. The van der Waals surface area contributed by atoms with Crippen LogP contribution in [0, 0.1) is 0 Å². The first-order chi connectivity index (χ1) is 15.4. The number of benzene rings is 2. The highest BCUT2D eigenvalue weighted by Gasteiger charge is 2.11. The van der Waals surface area contributed by atoms with Gasteiger partial charge in [0.1, 0.15) is 5.75 Å². The number of carbonyl (C=O) groups excluding carboxylic acids is 3. The lowest BCUT2D eigenvalue weighted by Crippen LogP contribution is -2.48. The normalized spacial score (nSPS) is 11.1. The van der Waals surface area contributed by atoms with Gasteiger partial charge in [-0.05, 0) is 49.3 Å². The highest BCUT2D eigenvalue weighted by molar-refractivity contribution is 7.80. The first-order valence-electron chi connectivity index (χ1n) is 10.3. The van der Waals surface area contributed by atoms with E-state index in [2.05, 4.69) is 21.5 Å². The maximum Gasteiger partial charge on any atom is 0.257 e. The molecule has 0 fully saturated rings. The topological polar surface area (TPSA) is 109 Å². The van der Waals surface area contributed by atoms with Gasteiger partial charge in [0.25, 0.3) is 5.91 Å². The molecule has 2 aromatic carbocycles. The van der Waals surface area contributed by atoms with Crippen LogP contribution in [0.4, 0.5) is 0 Å². The van der Waals surface area contributed by atoms with E-state index in [1.54, 1.807) is 24.3 Å². The molecule has 2 rings (SSSR count). The molecule has 1 atom stereocenters. The van der Waals surface area contributed by atoms with Crippen molar-refractivity contribution in [2.45, 2.75) is 45.8 Å². The van der Waals surface area contributed by atoms with Crippen molar-refractivity contribution >= 4 is 35.1 Å². The average Bonchev–Trinajstić information content (AvgIpc) is 2.80. The number of nitrogens with one attached hydrogen (secondary N) is 4. The molecule has 8 nitrogen and oxygen atoms in total. The standard InChI is InChI=1S/C23H28N4O4S/c1-3-16(2)31-19-11-7-10-18(14-19)22(30)25-23(32)27-26-21(29)13-12-20(28)24-15-17-8-5-4-6-9-17/h4-11,14,16H,3,12-13,15H2,1-2H3,(H,24,28)(H,26,29)(H2,25,27,30,32). The average molecular weight is 457 g/mol. The fourth-order valence-corrected chi connectivity index (χ4v) is 2.68. The van der Waals surface area contributed by atoms with Crippen LogP contribution in [-0.2, 0) is 16.1 Å². The molecule has 3 amide bonds. The second-order valence-corrected chi connectivity index (χ2v) is 7.49. The summed E-state index contributed by atoms with van der Waals surface area (Å²) in [5.41, 5.74) is 6.17. The summed E-state index contributed by atoms with van der Waals surface area (Å²) in [4.78, 5) is 36.1. The van der Waals surface area contributed by atoms with Gasteiger partial charge in [0.05, 0.1) is 6.10 Å². The minimum absolute atomic E-state index is 0.0286. The third-order valence-electron chi connectivity index (χ3n) is 4.46. The van der Waals surface area contributed by atoms with Crippen LogP contribution in [0.3, 0.4) is 0 Å². The second kappa shape index (κ2) is 13.1. The number of hydrogen-bond donors (Lipinski definition) is 4. The van der Waals surface area contributed by atoms with Crippen LogP contribution in [0.25, 0.3) is 0 Å². The summed E-state index contributed by atoms with van der Waals surface area (Å²) in [6.45, 7) is 4.36. The Labute approximate surface area is 193 Å². The maximum atomic E-state index is 12.4. The van der Waals surface area contributed by atoms with Gasteiger partial charge in [0, 0.05) is 24.9 Å². The number of rotatable bonds is 9. The van der Waals surface area contributed by atoms with E-state index in [0.717, 1.165) is 12.0 Å². The van der Waals surface area contributed by atoms with E-state index < -0.39 is 11.8 Å². The Kier molecular flexibility index (Phi) is 10.1. The van der Waals surface area contributed by atoms with Crippen LogP contribution >= 0.6 is 12.2 Å². The molecule has 170 valence electrons. The summed E-state index contributed by atoms with van der Waals surface area (Å²) in [5, 5.41) is 5.17. The molecule has 0 bridgehead atoms. The molecule has 0 saturated heterocycles. The number of thiocarbonyl (C=S) groups is 1. The van der Waals surface area contributed by atoms with Crippen molar-refractivity contribution in [3.63, 3.8) is 0 Å². The highest BCUT2D eigenvalue weighted by Crippen LogP contribution is 2.15. The Morgan fingerprint density at radius 3 is 2.41 bits per heavy atom. The summed E-state index contributed by atoms with van der Waals surface area (Å²) in [6, 6.07) is 16.2. The van der Waals surface area contributed by atoms with E-state index >= 15 is 0 Å². The highest BCUT2D eigenvalue weighted by atomic mass is 32.1. The predicted octanol–water partition coefficient (Wildman–Crippen LogP) is 2.60. The molecule has 32 heavy (non-hydrogen) atoms. The van der Waals surface area contributed by atoms with E-state index in [0.29, 0.717) is 17.9 Å². The van der Waals surface area contributed by atoms with Gasteiger partial charge in [-0.1, -0.05) is 43.3 Å². The van der Waals surface area contributed by atoms with Gasteiger partial charge in [0.2, 0.25) is 11.8 Å². The zero-order valence-corrected chi connectivity index (χ0v) is 19.0. The Morgan fingerprint density at radius 1 is 0.969 bits per heavy atom. The quantitative estimate of drug-likeness (QED) is 0.341. The van der Waals surface area contributed by atoms with Gasteiger partial charge in [-0.2, -0.15) is 0 Å². The van der Waals surface area contributed by atoms with Crippen molar-refractivity contribution in [3.8, 4) is 5.75 Å². The van der Waals surface area contributed by atoms with Crippen molar-refractivity contribution in [1.82, 2.24) is 21.5 Å². The summed E-state index contributed by atoms with van der Waals surface area (Å²) in [6.07, 6.45) is 0.882. The fraction of sp³-hybridized carbons (Fsp3) is 0.304. The summed E-state index contributed by atoms with van der Waals surface area (Å²) in [5.74, 6) is -0.517. The molecule has 4 N–H and O–H groups in total. The number of hydrogen-bond acceptors (Lipinski definition) is 5. The Morgan fingerprint density at radius 2 is 1.69 bits per heavy atom. The molecule has 1 unspecified atom stereocenters. The van der Waals surface area contributed by atoms with Crippen molar-refractivity contribution in [3.05, 3.63) is 65.7 Å². The predicted molar refractivity (Wildman–Crippen MR) is 126 cm³/mol. The Bertz CT molecular complexity index is 937. The molecule has 9 heteroatoms. The summed E-state index contributed by atoms with van der Waals surface area (Å²) >= 11 is 5.03. The van der Waals surface area contributed by atoms with E-state index in [1.165, 1.54) is 0 Å². The van der Waals surface area contributed by atoms with Crippen LogP contribution in [0.2, 0.25) is 0 Å². The zero-order valence-electron chi connectivity index (χ0n) is 18.1. The van der Waals surface area contributed by atoms with Crippen molar-refractivity contribution in [2.24, 2.45) is 0 Å². The molecule has 0 aliphatic rings. The van der Waals surface area contributed by atoms with E-state index in [1.807, 2.05) is 44.2 Å². The Balaban J connectivity index is 1.68. The molecule has 0 aromatic heterocycles. The molecule has 0 heterocycles. The maximum absolute atomic E-state index is 12.4. The van der Waals surface area contributed by atoms with Crippen molar-refractivity contribution in [1.29, 1.82) is 0 Å². The molecule has 0 aliphatic heterocycles. The lowest BCUT2D eigenvalue weighted by atomic mass is 10.2. The minimum Gasteiger partial charge on any atom is -0.491 e. The van der Waals surface area contributed by atoms with E-state index in [9.17, 15) is 14.4 Å². The van der Waals surface area contributed by atoms with Gasteiger partial charge in [-0.3, -0.25) is 30.6 Å². The Hall–Kier alpha value is -3.46. The van der Waals surface area contributed by atoms with Crippen LogP contribution in [0.5, 0.6) is 5.75 Å². The zero-order chi connectivity index (χ0) is 23.3. The minimum atomic E-state index is -0.438. The lowest BCUT2D eigenvalue weighted by molar-refractivity contribution is -0.126. The largest absolute Gasteiger partial charge is 0.491 e. The molecular formula is C23H28N4O4S. The SMILES string of the molecule is CCC(C)Oc1cccc(C(=O)NC(=S)NNC(=O)CCC(=O)NCc2ccccc2)c1. The van der Waals surface area contributed by atoms with Crippen LogP contribution in [0.15, 0.2) is 54.6 Å². The van der Waals surface area contributed by atoms with Gasteiger partial charge in [-0.15, -0.1) is 0 Å². The summed E-state index contributed by atoms with van der Waals surface area (Å²) in [7, 11) is 0. The number of carbonyl (C=O) groups is 3. The van der Waals surface area contributed by atoms with Gasteiger partial charge in [0.15, 0.2) is 5.11 Å². The molecule has 0 aliphatic carbocycles. The smallest absolute Gasteiger partial charge is 0.257 e. The first-order valence-corrected chi connectivity index (χ1v) is 10.8. The van der Waals surface area contributed by atoms with Crippen LogP contribution in [0.1, 0.15) is 49.0 Å². The second-order valence-electron chi connectivity index (χ2n) is 7.08. The molecule has 0 spiro atoms. The lowest BCUT2D eigenvalue weighted by Gasteiger charge is -2.14. The summed E-state index contributed by atoms with van der Waals surface area (Å²) < 4.78 is 5.71. The van der Waals surface area contributed by atoms with Gasteiger partial charge in [-0.25, -0.2) is 0 Å². The van der Waals surface area contributed by atoms with E-state index in [4.69, 9.17) is 17.0 Å². The third-order valence-corrected chi connectivity index (χ3v) is 4.67. The van der Waals surface area contributed by atoms with Crippen LogP contribution in [-0.4, -0.2) is 28.9 Å². The molecule has 0 radical (unpaired) electrons. The van der Waals surface area contributed by atoms with E-state index in [-0.39, 0.29) is 30.0 Å². The fourth-order valence-electron chi connectivity index (χ4n) is 2.53. The molecule has 2 aromatic rings. The monoisotopic (exact) mass is 456 g/mol. The number of ether oxygens (including phenoxy) is 1. The molecular weight excluding hydrogens is 428 g/mol. The van der Waals surface area contributed by atoms with Gasteiger partial charge >= 0.3 is 0 Å².